The van der Waals surface area contributed by atoms with Crippen molar-refractivity contribution in [2.75, 3.05) is 40.0 Å². The Bertz CT molecular complexity index is 1160. The summed E-state index contributed by atoms with van der Waals surface area (Å²) in [7, 11) is -2.16. The van der Waals surface area contributed by atoms with Crippen LogP contribution in [0.15, 0.2) is 41.6 Å². The number of rotatable bonds is 8. The highest BCUT2D eigenvalue weighted by Gasteiger charge is 2.38. The number of amides is 1. The Hall–Kier alpha value is -2.53. The number of pyridine rings is 1. The molecule has 0 radical (unpaired) electrons. The van der Waals surface area contributed by atoms with E-state index in [1.807, 2.05) is 6.07 Å². The van der Waals surface area contributed by atoms with E-state index in [4.69, 9.17) is 9.47 Å². The molecule has 2 aliphatic rings. The summed E-state index contributed by atoms with van der Waals surface area (Å²) in [5.41, 5.74) is 1.07. The van der Waals surface area contributed by atoms with Gasteiger partial charge in [-0.1, -0.05) is 6.07 Å². The van der Waals surface area contributed by atoms with Crippen LogP contribution in [0.25, 0.3) is 0 Å². The number of hydrogen-bond donors (Lipinski definition) is 1. The summed E-state index contributed by atoms with van der Waals surface area (Å²) in [5, 5.41) is 11.0. The number of benzene rings is 1. The zero-order valence-corrected chi connectivity index (χ0v) is 22.0. The Morgan fingerprint density at radius 1 is 1.19 bits per heavy atom. The van der Waals surface area contributed by atoms with Crippen LogP contribution in [0.4, 0.5) is 0 Å². The van der Waals surface area contributed by atoms with Gasteiger partial charge in [0, 0.05) is 43.6 Å². The molecule has 2 fully saturated rings. The SMILES string of the molecule is COc1cc(C)c(S(=O)(=O)N2CCCC2COCC(=O)N2CCC(O)(c3cccnc3)CC2)c(C)c1. The van der Waals surface area contributed by atoms with Gasteiger partial charge in [-0.2, -0.15) is 4.31 Å². The van der Waals surface area contributed by atoms with Crippen molar-refractivity contribution in [1.82, 2.24) is 14.2 Å². The lowest BCUT2D eigenvalue weighted by Gasteiger charge is -2.38. The molecule has 0 saturated carbocycles. The Balaban J connectivity index is 1.32. The van der Waals surface area contributed by atoms with Gasteiger partial charge >= 0.3 is 0 Å². The first-order valence-electron chi connectivity index (χ1n) is 12.3. The monoisotopic (exact) mass is 517 g/mol. The lowest BCUT2D eigenvalue weighted by atomic mass is 9.85. The van der Waals surface area contributed by atoms with E-state index >= 15 is 0 Å². The Morgan fingerprint density at radius 2 is 1.89 bits per heavy atom. The third kappa shape index (κ3) is 5.41. The van der Waals surface area contributed by atoms with Crippen molar-refractivity contribution in [2.24, 2.45) is 0 Å². The average Bonchev–Trinajstić information content (AvgIpc) is 3.34. The molecule has 2 aliphatic heterocycles. The van der Waals surface area contributed by atoms with Crippen LogP contribution in [0, 0.1) is 13.8 Å². The first-order chi connectivity index (χ1) is 17.2. The van der Waals surface area contributed by atoms with Crippen molar-refractivity contribution in [3.8, 4) is 5.75 Å². The third-order valence-corrected chi connectivity index (χ3v) is 9.50. The largest absolute Gasteiger partial charge is 0.497 e. The van der Waals surface area contributed by atoms with Crippen LogP contribution in [0.2, 0.25) is 0 Å². The van der Waals surface area contributed by atoms with Gasteiger partial charge in [-0.3, -0.25) is 9.78 Å². The highest BCUT2D eigenvalue weighted by molar-refractivity contribution is 7.89. The summed E-state index contributed by atoms with van der Waals surface area (Å²) < 4.78 is 39.6. The number of carbonyl (C=O) groups excluding carboxylic acids is 1. The van der Waals surface area contributed by atoms with Gasteiger partial charge in [-0.15, -0.1) is 0 Å². The van der Waals surface area contributed by atoms with Crippen LogP contribution < -0.4 is 4.74 Å². The summed E-state index contributed by atoms with van der Waals surface area (Å²) in [5.74, 6) is 0.470. The molecule has 3 heterocycles. The van der Waals surface area contributed by atoms with Crippen molar-refractivity contribution in [2.45, 2.75) is 56.1 Å². The van der Waals surface area contributed by atoms with Gasteiger partial charge in [-0.05, 0) is 68.9 Å². The van der Waals surface area contributed by atoms with Gasteiger partial charge in [0.05, 0.1) is 24.2 Å². The molecule has 196 valence electrons. The van der Waals surface area contributed by atoms with E-state index in [1.165, 1.54) is 4.31 Å². The molecule has 36 heavy (non-hydrogen) atoms. The summed E-state index contributed by atoms with van der Waals surface area (Å²) in [6, 6.07) is 6.79. The molecular formula is C26H35N3O6S. The zero-order chi connectivity index (χ0) is 25.9. The molecule has 1 amide bonds. The molecule has 1 aromatic carbocycles. The topological polar surface area (TPSA) is 109 Å². The molecular weight excluding hydrogens is 482 g/mol. The third-order valence-electron chi connectivity index (χ3n) is 7.24. The van der Waals surface area contributed by atoms with Gasteiger partial charge in [0.2, 0.25) is 15.9 Å². The number of carbonyl (C=O) groups is 1. The summed E-state index contributed by atoms with van der Waals surface area (Å²) in [6.07, 6.45) is 5.62. The first-order valence-corrected chi connectivity index (χ1v) is 13.8. The smallest absolute Gasteiger partial charge is 0.248 e. The van der Waals surface area contributed by atoms with E-state index in [-0.39, 0.29) is 25.2 Å². The molecule has 2 aromatic rings. The van der Waals surface area contributed by atoms with Crippen LogP contribution in [0.3, 0.4) is 0 Å². The van der Waals surface area contributed by atoms with E-state index in [9.17, 15) is 18.3 Å². The standard InChI is InChI=1S/C26H35N3O6S/c1-19-14-23(34-3)15-20(2)25(19)36(32,33)29-11-5-7-22(29)17-35-18-24(30)28-12-8-26(31,9-13-28)21-6-4-10-27-16-21/h4,6,10,14-16,22,31H,5,7-9,11-13,17-18H2,1-3H3. The first kappa shape index (κ1) is 26.5. The molecule has 0 aliphatic carbocycles. The second-order valence-corrected chi connectivity index (χ2v) is 11.5. The number of piperidine rings is 1. The number of ether oxygens (including phenoxy) is 2. The van der Waals surface area contributed by atoms with Crippen LogP contribution >= 0.6 is 0 Å². The molecule has 2 saturated heterocycles. The Morgan fingerprint density at radius 3 is 2.50 bits per heavy atom. The molecule has 0 spiro atoms. The van der Waals surface area contributed by atoms with Gasteiger partial charge in [0.15, 0.2) is 0 Å². The van der Waals surface area contributed by atoms with Crippen LogP contribution in [0.1, 0.15) is 42.4 Å². The van der Waals surface area contributed by atoms with Crippen LogP contribution in [-0.4, -0.2) is 79.6 Å². The highest BCUT2D eigenvalue weighted by atomic mass is 32.2. The van der Waals surface area contributed by atoms with Gasteiger partial charge in [-0.25, -0.2) is 8.42 Å². The van der Waals surface area contributed by atoms with E-state index < -0.39 is 15.6 Å². The number of aromatic nitrogens is 1. The number of nitrogens with zero attached hydrogens (tertiary/aromatic N) is 3. The predicted molar refractivity (Wildman–Crippen MR) is 134 cm³/mol. The predicted octanol–water partition coefficient (Wildman–Crippen LogP) is 2.39. The highest BCUT2D eigenvalue weighted by Crippen LogP contribution is 2.33. The minimum atomic E-state index is -3.72. The molecule has 1 unspecified atom stereocenters. The van der Waals surface area contributed by atoms with Crippen molar-refractivity contribution >= 4 is 15.9 Å². The fourth-order valence-electron chi connectivity index (χ4n) is 5.27. The maximum Gasteiger partial charge on any atom is 0.248 e. The van der Waals surface area contributed by atoms with E-state index in [2.05, 4.69) is 4.98 Å². The van der Waals surface area contributed by atoms with E-state index in [1.54, 1.807) is 56.4 Å². The summed E-state index contributed by atoms with van der Waals surface area (Å²) in [4.78, 5) is 18.8. The van der Waals surface area contributed by atoms with Crippen LogP contribution in [0.5, 0.6) is 5.75 Å². The normalized spacial score (nSPS) is 20.4. The molecule has 1 N–H and O–H groups in total. The minimum Gasteiger partial charge on any atom is -0.497 e. The second-order valence-electron chi connectivity index (χ2n) is 9.67. The maximum absolute atomic E-state index is 13.5. The minimum absolute atomic E-state index is 0.115. The summed E-state index contributed by atoms with van der Waals surface area (Å²) >= 11 is 0. The zero-order valence-electron chi connectivity index (χ0n) is 21.1. The second kappa shape index (κ2) is 10.8. The molecule has 0 bridgehead atoms. The molecule has 9 nitrogen and oxygen atoms in total. The van der Waals surface area contributed by atoms with Crippen molar-refractivity contribution in [3.63, 3.8) is 0 Å². The van der Waals surface area contributed by atoms with E-state index in [0.29, 0.717) is 60.7 Å². The number of aliphatic hydroxyl groups is 1. The molecule has 1 aromatic heterocycles. The quantitative estimate of drug-likeness (QED) is 0.573. The number of hydrogen-bond acceptors (Lipinski definition) is 7. The van der Waals surface area contributed by atoms with Crippen molar-refractivity contribution < 1.29 is 27.8 Å². The fourth-order valence-corrected chi connectivity index (χ4v) is 7.37. The molecule has 10 heteroatoms. The Labute approximate surface area is 213 Å². The van der Waals surface area contributed by atoms with E-state index in [0.717, 1.165) is 12.0 Å². The lowest BCUT2D eigenvalue weighted by molar-refractivity contribution is -0.141. The number of likely N-dealkylation sites (tertiary alicyclic amines) is 1. The van der Waals surface area contributed by atoms with Crippen LogP contribution in [-0.2, 0) is 25.2 Å². The summed E-state index contributed by atoms with van der Waals surface area (Å²) in [6.45, 7) is 4.87. The van der Waals surface area contributed by atoms with Gasteiger partial charge < -0.3 is 19.5 Å². The van der Waals surface area contributed by atoms with Gasteiger partial charge in [0.25, 0.3) is 0 Å². The lowest BCUT2D eigenvalue weighted by Crippen LogP contribution is -2.46. The Kier molecular flexibility index (Phi) is 7.99. The van der Waals surface area contributed by atoms with Crippen molar-refractivity contribution in [1.29, 1.82) is 0 Å². The fraction of sp³-hybridized carbons (Fsp3) is 0.538. The number of methoxy groups -OCH3 is 1. The van der Waals surface area contributed by atoms with Gasteiger partial charge in [0.1, 0.15) is 12.4 Å². The molecule has 1 atom stereocenters. The average molecular weight is 518 g/mol. The number of sulfonamides is 1. The molecule has 4 rings (SSSR count). The number of aryl methyl sites for hydroxylation is 2. The maximum atomic E-state index is 13.5. The van der Waals surface area contributed by atoms with Crippen molar-refractivity contribution in [3.05, 3.63) is 53.3 Å².